The average molecular weight is 274 g/mol. The van der Waals surface area contributed by atoms with Crippen molar-refractivity contribution in [1.29, 1.82) is 0 Å². The number of amides is 1. The number of para-hydroxylation sites is 2. The zero-order valence-corrected chi connectivity index (χ0v) is 12.4. The third kappa shape index (κ3) is 3.57. The largest absolute Gasteiger partial charge is 0.349 e. The minimum absolute atomic E-state index is 0.0307. The van der Waals surface area contributed by atoms with Gasteiger partial charge < -0.3 is 14.8 Å². The van der Waals surface area contributed by atoms with Crippen molar-refractivity contribution in [2.45, 2.75) is 26.4 Å². The van der Waals surface area contributed by atoms with E-state index >= 15 is 0 Å². The number of nitrogens with zero attached hydrogens (tertiary/aromatic N) is 3. The van der Waals surface area contributed by atoms with Crippen LogP contribution in [0.1, 0.15) is 19.2 Å². The van der Waals surface area contributed by atoms with Gasteiger partial charge in [-0.05, 0) is 39.2 Å². The minimum atomic E-state index is -0.0307. The van der Waals surface area contributed by atoms with Crippen LogP contribution >= 0.6 is 0 Å². The third-order valence-corrected chi connectivity index (χ3v) is 3.22. The molecule has 108 valence electrons. The van der Waals surface area contributed by atoms with E-state index in [2.05, 4.69) is 39.9 Å². The Morgan fingerprint density at radius 3 is 2.80 bits per heavy atom. The van der Waals surface area contributed by atoms with E-state index in [1.54, 1.807) is 0 Å². The van der Waals surface area contributed by atoms with E-state index in [0.717, 1.165) is 36.4 Å². The molecular weight excluding hydrogens is 252 g/mol. The van der Waals surface area contributed by atoms with Crippen LogP contribution in [-0.4, -0.2) is 41.0 Å². The Balaban J connectivity index is 2.22. The number of aromatic nitrogens is 2. The van der Waals surface area contributed by atoms with Gasteiger partial charge in [0.25, 0.3) is 0 Å². The number of hydrogen-bond acceptors (Lipinski definition) is 3. The topological polar surface area (TPSA) is 50.2 Å². The molecule has 0 aliphatic rings. The molecule has 1 amide bonds. The average Bonchev–Trinajstić information content (AvgIpc) is 2.74. The number of hydrogen-bond donors (Lipinski definition) is 1. The molecule has 0 spiro atoms. The van der Waals surface area contributed by atoms with Crippen LogP contribution in [-0.2, 0) is 17.9 Å². The van der Waals surface area contributed by atoms with Crippen LogP contribution < -0.4 is 5.32 Å². The molecule has 1 aromatic heterocycles. The first-order chi connectivity index (χ1) is 9.58. The molecule has 5 nitrogen and oxygen atoms in total. The number of nitrogens with one attached hydrogen (secondary N) is 1. The lowest BCUT2D eigenvalue weighted by Crippen LogP contribution is -2.22. The van der Waals surface area contributed by atoms with Gasteiger partial charge in [-0.2, -0.15) is 0 Å². The van der Waals surface area contributed by atoms with Gasteiger partial charge >= 0.3 is 0 Å². The summed E-state index contributed by atoms with van der Waals surface area (Å²) in [6, 6.07) is 8.10. The smallest absolute Gasteiger partial charge is 0.217 e. The normalized spacial score (nSPS) is 11.2. The van der Waals surface area contributed by atoms with Crippen molar-refractivity contribution in [2.24, 2.45) is 0 Å². The number of carbonyl (C=O) groups excluding carboxylic acids is 1. The van der Waals surface area contributed by atoms with Crippen molar-refractivity contribution in [3.63, 3.8) is 0 Å². The molecule has 2 aromatic rings. The molecule has 0 aliphatic carbocycles. The Morgan fingerprint density at radius 1 is 1.35 bits per heavy atom. The maximum Gasteiger partial charge on any atom is 0.217 e. The van der Waals surface area contributed by atoms with Crippen LogP contribution in [0.4, 0.5) is 0 Å². The molecule has 5 heteroatoms. The van der Waals surface area contributed by atoms with Crippen molar-refractivity contribution >= 4 is 16.9 Å². The van der Waals surface area contributed by atoms with Crippen molar-refractivity contribution in [2.75, 3.05) is 20.6 Å². The Labute approximate surface area is 119 Å². The van der Waals surface area contributed by atoms with E-state index < -0.39 is 0 Å². The molecule has 0 atom stereocenters. The molecule has 0 saturated carbocycles. The van der Waals surface area contributed by atoms with Crippen molar-refractivity contribution in [3.05, 3.63) is 30.1 Å². The van der Waals surface area contributed by atoms with E-state index in [1.807, 2.05) is 18.2 Å². The second kappa shape index (κ2) is 6.52. The lowest BCUT2D eigenvalue weighted by molar-refractivity contribution is -0.119. The number of imidazole rings is 1. The first kappa shape index (κ1) is 14.5. The lowest BCUT2D eigenvalue weighted by Gasteiger charge is -2.12. The van der Waals surface area contributed by atoms with E-state index in [4.69, 9.17) is 0 Å². The number of rotatable bonds is 6. The monoisotopic (exact) mass is 274 g/mol. The van der Waals surface area contributed by atoms with Crippen LogP contribution in [0.15, 0.2) is 24.3 Å². The highest BCUT2D eigenvalue weighted by Crippen LogP contribution is 2.16. The Kier molecular flexibility index (Phi) is 4.74. The predicted molar refractivity (Wildman–Crippen MR) is 80.4 cm³/mol. The van der Waals surface area contributed by atoms with E-state index in [0.29, 0.717) is 6.54 Å². The van der Waals surface area contributed by atoms with Crippen LogP contribution in [0, 0.1) is 0 Å². The molecule has 1 aromatic carbocycles. The van der Waals surface area contributed by atoms with Gasteiger partial charge in [0.05, 0.1) is 17.6 Å². The first-order valence-corrected chi connectivity index (χ1v) is 6.91. The standard InChI is InChI=1S/C15H22N4O/c1-12(20)16-11-15-17-13-7-4-5-8-14(13)19(15)10-6-9-18(2)3/h4-5,7-8H,6,9-11H2,1-3H3,(H,16,20). The lowest BCUT2D eigenvalue weighted by atomic mass is 10.3. The fraction of sp³-hybridized carbons (Fsp3) is 0.467. The first-order valence-electron chi connectivity index (χ1n) is 6.91. The van der Waals surface area contributed by atoms with Gasteiger partial charge in [0.15, 0.2) is 0 Å². The molecule has 1 heterocycles. The molecular formula is C15H22N4O. The number of carbonyl (C=O) groups is 1. The van der Waals surface area contributed by atoms with E-state index in [-0.39, 0.29) is 5.91 Å². The Bertz CT molecular complexity index is 589. The highest BCUT2D eigenvalue weighted by atomic mass is 16.1. The number of benzene rings is 1. The van der Waals surface area contributed by atoms with Crippen LogP contribution in [0.5, 0.6) is 0 Å². The Hall–Kier alpha value is -1.88. The zero-order valence-electron chi connectivity index (χ0n) is 12.4. The highest BCUT2D eigenvalue weighted by molar-refractivity contribution is 5.76. The van der Waals surface area contributed by atoms with E-state index in [1.165, 1.54) is 6.92 Å². The van der Waals surface area contributed by atoms with Crippen molar-refractivity contribution < 1.29 is 4.79 Å². The zero-order chi connectivity index (χ0) is 14.5. The van der Waals surface area contributed by atoms with Gasteiger partial charge in [-0.15, -0.1) is 0 Å². The summed E-state index contributed by atoms with van der Waals surface area (Å²) in [6.45, 7) is 3.95. The van der Waals surface area contributed by atoms with E-state index in [9.17, 15) is 4.79 Å². The molecule has 0 saturated heterocycles. The third-order valence-electron chi connectivity index (χ3n) is 3.22. The highest BCUT2D eigenvalue weighted by Gasteiger charge is 2.10. The molecule has 0 bridgehead atoms. The SMILES string of the molecule is CC(=O)NCc1nc2ccccc2n1CCCN(C)C. The molecule has 0 unspecified atom stereocenters. The maximum atomic E-state index is 11.1. The van der Waals surface area contributed by atoms with Gasteiger partial charge in [-0.3, -0.25) is 4.79 Å². The summed E-state index contributed by atoms with van der Waals surface area (Å²) in [5, 5.41) is 2.83. The van der Waals surface area contributed by atoms with Crippen molar-refractivity contribution in [1.82, 2.24) is 19.8 Å². The number of aryl methyl sites for hydroxylation is 1. The summed E-state index contributed by atoms with van der Waals surface area (Å²) in [7, 11) is 4.15. The summed E-state index contributed by atoms with van der Waals surface area (Å²) < 4.78 is 2.20. The molecule has 0 radical (unpaired) electrons. The van der Waals surface area contributed by atoms with Crippen LogP contribution in [0.3, 0.4) is 0 Å². The second-order valence-corrected chi connectivity index (χ2v) is 5.23. The predicted octanol–water partition coefficient (Wildman–Crippen LogP) is 1.62. The molecule has 0 aliphatic heterocycles. The Morgan fingerprint density at radius 2 is 2.10 bits per heavy atom. The van der Waals surface area contributed by atoms with Crippen LogP contribution in [0.25, 0.3) is 11.0 Å². The van der Waals surface area contributed by atoms with Crippen molar-refractivity contribution in [3.8, 4) is 0 Å². The van der Waals surface area contributed by atoms with Gasteiger partial charge in [-0.25, -0.2) is 4.98 Å². The molecule has 2 rings (SSSR count). The van der Waals surface area contributed by atoms with Gasteiger partial charge in [0.1, 0.15) is 5.82 Å². The fourth-order valence-electron chi connectivity index (χ4n) is 2.26. The molecule has 1 N–H and O–H groups in total. The summed E-state index contributed by atoms with van der Waals surface area (Å²) in [5.41, 5.74) is 2.12. The molecule has 20 heavy (non-hydrogen) atoms. The number of fused-ring (bicyclic) bond motifs is 1. The quantitative estimate of drug-likeness (QED) is 0.871. The van der Waals surface area contributed by atoms with Gasteiger partial charge in [0.2, 0.25) is 5.91 Å². The van der Waals surface area contributed by atoms with Crippen LogP contribution in [0.2, 0.25) is 0 Å². The van der Waals surface area contributed by atoms with Gasteiger partial charge in [0, 0.05) is 13.5 Å². The fourth-order valence-corrected chi connectivity index (χ4v) is 2.26. The second-order valence-electron chi connectivity index (χ2n) is 5.23. The summed E-state index contributed by atoms with van der Waals surface area (Å²) in [6.07, 6.45) is 1.06. The molecule has 0 fully saturated rings. The maximum absolute atomic E-state index is 11.1. The summed E-state index contributed by atoms with van der Waals surface area (Å²) in [5.74, 6) is 0.886. The minimum Gasteiger partial charge on any atom is -0.349 e. The van der Waals surface area contributed by atoms with Gasteiger partial charge in [-0.1, -0.05) is 12.1 Å². The summed E-state index contributed by atoms with van der Waals surface area (Å²) >= 11 is 0. The summed E-state index contributed by atoms with van der Waals surface area (Å²) in [4.78, 5) is 17.9.